The first kappa shape index (κ1) is 18.9. The molecule has 132 valence electrons. The lowest BCUT2D eigenvalue weighted by Crippen LogP contribution is -2.44. The van der Waals surface area contributed by atoms with Crippen LogP contribution in [0.25, 0.3) is 0 Å². The summed E-state index contributed by atoms with van der Waals surface area (Å²) < 4.78 is 11.8. The fraction of sp³-hybridized carbons (Fsp3) is 0.471. The van der Waals surface area contributed by atoms with Crippen LogP contribution in [-0.4, -0.2) is 73.3 Å². The van der Waals surface area contributed by atoms with Crippen molar-refractivity contribution in [3.05, 3.63) is 29.8 Å². The van der Waals surface area contributed by atoms with Gasteiger partial charge in [0.05, 0.1) is 7.34 Å². The SMILES string of the molecule is CC(=O)C1C(=O)Oc2ccccc2C1=P(N(C)C)(N(C)C)N(C)C. The van der Waals surface area contributed by atoms with Gasteiger partial charge in [0.1, 0.15) is 17.5 Å². The predicted octanol–water partition coefficient (Wildman–Crippen LogP) is 1.78. The highest BCUT2D eigenvalue weighted by atomic mass is 31.2. The van der Waals surface area contributed by atoms with Crippen LogP contribution < -0.4 is 4.74 Å². The standard InChI is InChI=1S/C17H26N3O3P/c1-12(21)15-16(24(18(2)3,19(4)5)20(6)7)13-10-8-9-11-14(13)23-17(15)22/h8-11,15H,1-7H3. The summed E-state index contributed by atoms with van der Waals surface area (Å²) in [4.78, 5) is 25.0. The maximum atomic E-state index is 12.6. The van der Waals surface area contributed by atoms with Gasteiger partial charge in [-0.05, 0) is 55.3 Å². The average Bonchev–Trinajstić information content (AvgIpc) is 2.45. The molecular formula is C17H26N3O3P. The Morgan fingerprint density at radius 2 is 1.50 bits per heavy atom. The lowest BCUT2D eigenvalue weighted by molar-refractivity contribution is -0.140. The van der Waals surface area contributed by atoms with E-state index in [-0.39, 0.29) is 5.78 Å². The number of rotatable bonds is 4. The minimum absolute atomic E-state index is 0.195. The Kier molecular flexibility index (Phi) is 5.35. The summed E-state index contributed by atoms with van der Waals surface area (Å²) in [6, 6.07) is 7.45. The topological polar surface area (TPSA) is 53.1 Å². The quantitative estimate of drug-likeness (QED) is 0.357. The molecule has 0 saturated heterocycles. The lowest BCUT2D eigenvalue weighted by Gasteiger charge is -2.47. The number of ketones is 1. The average molecular weight is 351 g/mol. The Labute approximate surface area is 144 Å². The van der Waals surface area contributed by atoms with E-state index in [9.17, 15) is 9.59 Å². The Morgan fingerprint density at radius 1 is 1.00 bits per heavy atom. The number of esters is 1. The summed E-state index contributed by atoms with van der Waals surface area (Å²) in [6.45, 7) is 1.45. The molecule has 0 bridgehead atoms. The first-order valence-corrected chi connectivity index (χ1v) is 9.41. The van der Waals surface area contributed by atoms with Gasteiger partial charge in [-0.2, -0.15) is 0 Å². The molecule has 1 heterocycles. The van der Waals surface area contributed by atoms with E-state index in [1.807, 2.05) is 60.5 Å². The van der Waals surface area contributed by atoms with Crippen molar-refractivity contribution in [2.75, 3.05) is 42.3 Å². The van der Waals surface area contributed by atoms with Gasteiger partial charge in [0, 0.05) is 10.9 Å². The molecule has 0 aromatic heterocycles. The van der Waals surface area contributed by atoms with Gasteiger partial charge in [-0.15, -0.1) is 0 Å². The summed E-state index contributed by atoms with van der Waals surface area (Å²) >= 11 is 0. The van der Waals surface area contributed by atoms with Crippen molar-refractivity contribution in [1.29, 1.82) is 0 Å². The third-order valence-corrected chi connectivity index (χ3v) is 8.78. The number of carbonyl (C=O) groups is 2. The van der Waals surface area contributed by atoms with Gasteiger partial charge in [-0.1, -0.05) is 18.2 Å². The molecule has 0 spiro atoms. The summed E-state index contributed by atoms with van der Waals surface area (Å²) in [6.07, 6.45) is 0. The number of para-hydroxylation sites is 1. The van der Waals surface area contributed by atoms with E-state index >= 15 is 0 Å². The van der Waals surface area contributed by atoms with Crippen molar-refractivity contribution in [3.63, 3.8) is 0 Å². The van der Waals surface area contributed by atoms with E-state index in [1.165, 1.54) is 6.92 Å². The summed E-state index contributed by atoms with van der Waals surface area (Å²) in [5.41, 5.74) is 0.835. The Bertz CT molecular complexity index is 697. The molecule has 0 saturated carbocycles. The fourth-order valence-electron chi connectivity index (χ4n) is 3.61. The molecule has 0 fully saturated rings. The van der Waals surface area contributed by atoms with Crippen molar-refractivity contribution in [1.82, 2.24) is 14.0 Å². The highest BCUT2D eigenvalue weighted by molar-refractivity contribution is 7.70. The lowest BCUT2D eigenvalue weighted by atomic mass is 9.93. The van der Waals surface area contributed by atoms with Gasteiger partial charge >= 0.3 is 5.97 Å². The molecule has 7 heteroatoms. The van der Waals surface area contributed by atoms with Gasteiger partial charge in [-0.3, -0.25) is 23.6 Å². The van der Waals surface area contributed by atoms with Crippen LogP contribution in [0.1, 0.15) is 12.5 Å². The van der Waals surface area contributed by atoms with Crippen LogP contribution in [0.5, 0.6) is 5.75 Å². The van der Waals surface area contributed by atoms with Crippen LogP contribution in [0.15, 0.2) is 24.3 Å². The van der Waals surface area contributed by atoms with Crippen LogP contribution >= 0.6 is 7.34 Å². The third kappa shape index (κ3) is 2.74. The maximum absolute atomic E-state index is 12.6. The van der Waals surface area contributed by atoms with Crippen molar-refractivity contribution in [2.24, 2.45) is 5.92 Å². The number of ether oxygens (including phenoxy) is 1. The molecule has 1 aromatic rings. The molecule has 0 N–H and O–H groups in total. The second-order valence-electron chi connectivity index (χ2n) is 6.46. The van der Waals surface area contributed by atoms with Crippen LogP contribution in [0.3, 0.4) is 0 Å². The van der Waals surface area contributed by atoms with Crippen LogP contribution in [0.4, 0.5) is 0 Å². The zero-order chi connectivity index (χ0) is 18.2. The van der Waals surface area contributed by atoms with Crippen molar-refractivity contribution < 1.29 is 14.3 Å². The molecule has 6 nitrogen and oxygen atoms in total. The Hall–Kier alpha value is -1.46. The molecule has 24 heavy (non-hydrogen) atoms. The molecule has 0 radical (unpaired) electrons. The van der Waals surface area contributed by atoms with E-state index in [4.69, 9.17) is 4.74 Å². The highest BCUT2D eigenvalue weighted by Crippen LogP contribution is 2.58. The van der Waals surface area contributed by atoms with Gasteiger partial charge in [0.15, 0.2) is 0 Å². The van der Waals surface area contributed by atoms with Gasteiger partial charge < -0.3 is 4.74 Å². The molecule has 1 unspecified atom stereocenters. The normalized spacial score (nSPS) is 18.2. The minimum Gasteiger partial charge on any atom is -0.425 e. The second kappa shape index (κ2) is 6.81. The number of carbonyl (C=O) groups excluding carboxylic acids is 2. The van der Waals surface area contributed by atoms with Crippen molar-refractivity contribution in [2.45, 2.75) is 6.92 Å². The molecule has 0 amide bonds. The van der Waals surface area contributed by atoms with Crippen molar-refractivity contribution >= 4 is 24.4 Å². The fourth-order valence-corrected chi connectivity index (χ4v) is 8.20. The molecule has 1 aliphatic heterocycles. The summed E-state index contributed by atoms with van der Waals surface area (Å²) in [5.74, 6) is -1.06. The van der Waals surface area contributed by atoms with Gasteiger partial charge in [-0.25, -0.2) is 0 Å². The smallest absolute Gasteiger partial charge is 0.326 e. The number of hydrogen-bond donors (Lipinski definition) is 0. The number of Topliss-reactive ketones (excluding diaryl/α,β-unsaturated/α-hetero) is 1. The summed E-state index contributed by atoms with van der Waals surface area (Å²) in [7, 11) is 9.65. The Morgan fingerprint density at radius 3 is 1.96 bits per heavy atom. The molecule has 2 rings (SSSR count). The van der Waals surface area contributed by atoms with E-state index in [1.54, 1.807) is 6.07 Å². The molecule has 1 atom stereocenters. The van der Waals surface area contributed by atoms with Crippen molar-refractivity contribution in [3.8, 4) is 5.75 Å². The predicted molar refractivity (Wildman–Crippen MR) is 98.3 cm³/mol. The summed E-state index contributed by atoms with van der Waals surface area (Å²) in [5, 5.41) is 0.835. The largest absolute Gasteiger partial charge is 0.425 e. The van der Waals surface area contributed by atoms with Gasteiger partial charge in [0.2, 0.25) is 0 Å². The molecular weight excluding hydrogens is 325 g/mol. The zero-order valence-electron chi connectivity index (χ0n) is 15.4. The zero-order valence-corrected chi connectivity index (χ0v) is 16.3. The first-order valence-electron chi connectivity index (χ1n) is 7.77. The number of nitrogens with zero attached hydrogens (tertiary/aromatic N) is 3. The second-order valence-corrected chi connectivity index (χ2v) is 10.5. The monoisotopic (exact) mass is 351 g/mol. The third-order valence-electron chi connectivity index (χ3n) is 4.29. The van der Waals surface area contributed by atoms with E-state index in [0.717, 1.165) is 10.9 Å². The Balaban J connectivity index is 3.06. The molecule has 1 aliphatic rings. The maximum Gasteiger partial charge on any atom is 0.326 e. The van der Waals surface area contributed by atoms with Gasteiger partial charge in [0.25, 0.3) is 0 Å². The van der Waals surface area contributed by atoms with E-state index in [0.29, 0.717) is 5.75 Å². The van der Waals surface area contributed by atoms with Crippen LogP contribution in [0, 0.1) is 5.92 Å². The van der Waals surface area contributed by atoms with Crippen LogP contribution in [0.2, 0.25) is 0 Å². The first-order chi connectivity index (χ1) is 11.2. The highest BCUT2D eigenvalue weighted by Gasteiger charge is 2.44. The van der Waals surface area contributed by atoms with Crippen LogP contribution in [-0.2, 0) is 9.59 Å². The van der Waals surface area contributed by atoms with E-state index in [2.05, 4.69) is 14.0 Å². The molecule has 1 aromatic carbocycles. The number of hydrogen-bond acceptors (Lipinski definition) is 6. The number of fused-ring (bicyclic) bond motifs is 1. The minimum atomic E-state index is -2.27. The number of benzene rings is 1. The van der Waals surface area contributed by atoms with E-state index < -0.39 is 19.2 Å². The molecule has 0 aliphatic carbocycles.